The van der Waals surface area contributed by atoms with Crippen LogP contribution in [0, 0.1) is 5.92 Å². The molecule has 1 aliphatic heterocycles. The lowest BCUT2D eigenvalue weighted by Gasteiger charge is -2.30. The Hall–Kier alpha value is -2.98. The third-order valence-corrected chi connectivity index (χ3v) is 6.36. The normalized spacial score (nSPS) is 17.9. The summed E-state index contributed by atoms with van der Waals surface area (Å²) in [5.74, 6) is -2.34. The summed E-state index contributed by atoms with van der Waals surface area (Å²) in [5, 5.41) is 15.1. The third kappa shape index (κ3) is 8.91. The minimum atomic E-state index is -1.05. The van der Waals surface area contributed by atoms with Gasteiger partial charge < -0.3 is 32.1 Å². The van der Waals surface area contributed by atoms with Gasteiger partial charge >= 0.3 is 5.97 Å². The van der Waals surface area contributed by atoms with E-state index in [4.69, 9.17) is 11.5 Å². The van der Waals surface area contributed by atoms with Crippen molar-refractivity contribution in [1.82, 2.24) is 15.5 Å². The van der Waals surface area contributed by atoms with Crippen LogP contribution in [-0.4, -0.2) is 71.0 Å². The van der Waals surface area contributed by atoms with Crippen LogP contribution in [0.4, 0.5) is 0 Å². The Morgan fingerprint density at radius 3 is 2.33 bits per heavy atom. The van der Waals surface area contributed by atoms with E-state index in [9.17, 15) is 24.3 Å². The lowest BCUT2D eigenvalue weighted by atomic mass is 10.00. The van der Waals surface area contributed by atoms with Crippen molar-refractivity contribution in [3.8, 4) is 0 Å². The highest BCUT2D eigenvalue weighted by atomic mass is 16.4. The van der Waals surface area contributed by atoms with Crippen LogP contribution in [0.5, 0.6) is 0 Å². The number of aliphatic carboxylic acids is 1. The van der Waals surface area contributed by atoms with Crippen molar-refractivity contribution in [3.63, 3.8) is 0 Å². The molecule has 1 aromatic carbocycles. The quantitative estimate of drug-likeness (QED) is 0.234. The summed E-state index contributed by atoms with van der Waals surface area (Å²) >= 11 is 0. The molecule has 2 rings (SSSR count). The van der Waals surface area contributed by atoms with Crippen LogP contribution in [0.1, 0.15) is 57.9 Å². The van der Waals surface area contributed by atoms with Gasteiger partial charge in [0, 0.05) is 13.0 Å². The van der Waals surface area contributed by atoms with Gasteiger partial charge in [-0.3, -0.25) is 14.4 Å². The number of nitrogens with one attached hydrogen (secondary N) is 2. The van der Waals surface area contributed by atoms with Crippen LogP contribution in [0.2, 0.25) is 0 Å². The summed E-state index contributed by atoms with van der Waals surface area (Å²) in [5.41, 5.74) is 12.4. The summed E-state index contributed by atoms with van der Waals surface area (Å²) in [7, 11) is 0. The minimum absolute atomic E-state index is 0.0725. The van der Waals surface area contributed by atoms with Crippen molar-refractivity contribution >= 4 is 23.7 Å². The van der Waals surface area contributed by atoms with Gasteiger partial charge in [0.15, 0.2) is 0 Å². The predicted octanol–water partition coefficient (Wildman–Crippen LogP) is 0.777. The molecule has 0 aliphatic carbocycles. The molecule has 0 spiro atoms. The van der Waals surface area contributed by atoms with Crippen LogP contribution in [0.25, 0.3) is 0 Å². The fourth-order valence-corrected chi connectivity index (χ4v) is 4.43. The maximum absolute atomic E-state index is 13.4. The third-order valence-electron chi connectivity index (χ3n) is 6.36. The van der Waals surface area contributed by atoms with E-state index in [1.807, 2.05) is 44.2 Å². The van der Waals surface area contributed by atoms with Crippen LogP contribution in [0.3, 0.4) is 0 Å². The molecule has 1 fully saturated rings. The Labute approximate surface area is 213 Å². The van der Waals surface area contributed by atoms with Crippen LogP contribution in [-0.2, 0) is 25.6 Å². The number of likely N-dealkylation sites (tertiary alicyclic amines) is 1. The van der Waals surface area contributed by atoms with Gasteiger partial charge in [-0.25, -0.2) is 4.79 Å². The molecule has 10 heteroatoms. The summed E-state index contributed by atoms with van der Waals surface area (Å²) in [6, 6.07) is 5.73. The van der Waals surface area contributed by atoms with Crippen molar-refractivity contribution in [1.29, 1.82) is 0 Å². The highest BCUT2D eigenvalue weighted by Crippen LogP contribution is 2.20. The van der Waals surface area contributed by atoms with E-state index in [0.717, 1.165) is 12.0 Å². The monoisotopic (exact) mass is 503 g/mol. The molecule has 0 radical (unpaired) electrons. The predicted molar refractivity (Wildman–Crippen MR) is 137 cm³/mol. The minimum Gasteiger partial charge on any atom is -0.480 e. The molecule has 4 atom stereocenters. The first-order valence-corrected chi connectivity index (χ1v) is 12.8. The van der Waals surface area contributed by atoms with E-state index in [-0.39, 0.29) is 12.3 Å². The molecule has 4 unspecified atom stereocenters. The first kappa shape index (κ1) is 29.3. The number of nitrogens with two attached hydrogens (primary N) is 2. The van der Waals surface area contributed by atoms with Crippen molar-refractivity contribution in [2.75, 3.05) is 13.1 Å². The summed E-state index contributed by atoms with van der Waals surface area (Å²) in [6.07, 6.45) is 3.45. The van der Waals surface area contributed by atoms with Crippen molar-refractivity contribution < 1.29 is 24.3 Å². The average molecular weight is 504 g/mol. The van der Waals surface area contributed by atoms with Crippen LogP contribution in [0.15, 0.2) is 30.3 Å². The molecule has 0 bridgehead atoms. The van der Waals surface area contributed by atoms with Gasteiger partial charge in [0.05, 0.1) is 6.04 Å². The molecule has 0 saturated carbocycles. The average Bonchev–Trinajstić information content (AvgIpc) is 3.33. The summed E-state index contributed by atoms with van der Waals surface area (Å²) in [4.78, 5) is 52.5. The fraction of sp³-hybridized carbons (Fsp3) is 0.615. The van der Waals surface area contributed by atoms with E-state index in [1.165, 1.54) is 4.90 Å². The van der Waals surface area contributed by atoms with E-state index < -0.39 is 47.9 Å². The molecule has 3 amide bonds. The van der Waals surface area contributed by atoms with Gasteiger partial charge in [0.1, 0.15) is 18.1 Å². The number of hydrogen-bond donors (Lipinski definition) is 5. The number of carboxylic acids is 1. The van der Waals surface area contributed by atoms with Gasteiger partial charge in [0.25, 0.3) is 0 Å². The molecule has 1 aliphatic rings. The number of rotatable bonds is 14. The smallest absolute Gasteiger partial charge is 0.326 e. The number of unbranched alkanes of at least 4 members (excludes halogenated alkanes) is 1. The van der Waals surface area contributed by atoms with Gasteiger partial charge in [-0.15, -0.1) is 0 Å². The van der Waals surface area contributed by atoms with Gasteiger partial charge in [-0.05, 0) is 50.1 Å². The van der Waals surface area contributed by atoms with Crippen LogP contribution >= 0.6 is 0 Å². The fourth-order valence-electron chi connectivity index (χ4n) is 4.43. The molecule has 200 valence electrons. The first-order chi connectivity index (χ1) is 17.1. The molecule has 1 aromatic rings. The van der Waals surface area contributed by atoms with Crippen molar-refractivity contribution in [2.24, 2.45) is 17.4 Å². The maximum Gasteiger partial charge on any atom is 0.326 e. The summed E-state index contributed by atoms with van der Waals surface area (Å²) < 4.78 is 0. The number of nitrogens with zero attached hydrogens (tertiary/aromatic N) is 1. The second kappa shape index (κ2) is 14.5. The second-order valence-corrected chi connectivity index (χ2v) is 9.86. The molecule has 0 aromatic heterocycles. The topological polar surface area (TPSA) is 168 Å². The number of carbonyl (C=O) groups is 4. The van der Waals surface area contributed by atoms with E-state index in [2.05, 4.69) is 10.6 Å². The highest BCUT2D eigenvalue weighted by molar-refractivity contribution is 5.94. The Kier molecular flexibility index (Phi) is 11.8. The zero-order valence-corrected chi connectivity index (χ0v) is 21.3. The molecule has 36 heavy (non-hydrogen) atoms. The zero-order valence-electron chi connectivity index (χ0n) is 21.3. The number of carbonyl (C=O) groups excluding carboxylic acids is 3. The number of hydrogen-bond acceptors (Lipinski definition) is 6. The Balaban J connectivity index is 2.19. The van der Waals surface area contributed by atoms with Gasteiger partial charge in [0.2, 0.25) is 17.7 Å². The Bertz CT molecular complexity index is 879. The van der Waals surface area contributed by atoms with E-state index >= 15 is 0 Å². The molecular formula is C26H41N5O5. The first-order valence-electron chi connectivity index (χ1n) is 12.8. The van der Waals surface area contributed by atoms with E-state index in [1.54, 1.807) is 0 Å². The number of amides is 3. The standard InChI is InChI=1S/C26H41N5O5/c1-17(2)15-21(25(34)31-14-8-12-22(31)26(35)36)30-24(33)20(16-18-9-4-3-5-10-18)29-23(32)19(28)11-6-7-13-27/h3-5,9-10,17,19-22H,6-8,11-16,27-28H2,1-2H3,(H,29,32)(H,30,33)(H,35,36). The lowest BCUT2D eigenvalue weighted by molar-refractivity contribution is -0.149. The molecule has 1 heterocycles. The van der Waals surface area contributed by atoms with Crippen molar-refractivity contribution in [2.45, 2.75) is 83.0 Å². The van der Waals surface area contributed by atoms with Crippen molar-refractivity contribution in [3.05, 3.63) is 35.9 Å². The number of benzene rings is 1. The Morgan fingerprint density at radius 2 is 1.72 bits per heavy atom. The van der Waals surface area contributed by atoms with Gasteiger partial charge in [-0.2, -0.15) is 0 Å². The SMILES string of the molecule is CC(C)CC(NC(=O)C(Cc1ccccc1)NC(=O)C(N)CCCCN)C(=O)N1CCCC1C(=O)O. The molecule has 7 N–H and O–H groups in total. The van der Waals surface area contributed by atoms with E-state index in [0.29, 0.717) is 45.2 Å². The lowest BCUT2D eigenvalue weighted by Crippen LogP contribution is -2.57. The van der Waals surface area contributed by atoms with Crippen LogP contribution < -0.4 is 22.1 Å². The Morgan fingerprint density at radius 1 is 1.06 bits per heavy atom. The van der Waals surface area contributed by atoms with Gasteiger partial charge in [-0.1, -0.05) is 50.6 Å². The molecule has 10 nitrogen and oxygen atoms in total. The maximum atomic E-state index is 13.4. The summed E-state index contributed by atoms with van der Waals surface area (Å²) in [6.45, 7) is 4.70. The molecule has 1 saturated heterocycles. The highest BCUT2D eigenvalue weighted by Gasteiger charge is 2.38. The molecular weight excluding hydrogens is 462 g/mol. The number of carboxylic acid groups (broad SMARTS) is 1. The second-order valence-electron chi connectivity index (χ2n) is 9.86. The zero-order chi connectivity index (χ0) is 26.7. The largest absolute Gasteiger partial charge is 0.480 e.